The van der Waals surface area contributed by atoms with Gasteiger partial charge in [0.2, 0.25) is 5.91 Å². The van der Waals surface area contributed by atoms with Crippen molar-refractivity contribution in [3.63, 3.8) is 0 Å². The third-order valence-corrected chi connectivity index (χ3v) is 3.63. The van der Waals surface area contributed by atoms with Gasteiger partial charge in [-0.15, -0.1) is 0 Å². The number of fused-ring (bicyclic) bond motifs is 1. The molecule has 5 nitrogen and oxygen atoms in total. The first-order valence-electron chi connectivity index (χ1n) is 7.83. The van der Waals surface area contributed by atoms with Crippen molar-refractivity contribution in [3.8, 4) is 0 Å². The van der Waals surface area contributed by atoms with Gasteiger partial charge in [0, 0.05) is 30.5 Å². The second-order valence-corrected chi connectivity index (χ2v) is 7.01. The van der Waals surface area contributed by atoms with Gasteiger partial charge in [-0.05, 0) is 17.9 Å². The molecule has 0 aromatic rings. The Hall–Kier alpha value is -2.17. The summed E-state index contributed by atoms with van der Waals surface area (Å²) < 4.78 is 5.15. The molecule has 0 saturated heterocycles. The van der Waals surface area contributed by atoms with Gasteiger partial charge in [0.25, 0.3) is 5.91 Å². The van der Waals surface area contributed by atoms with E-state index in [1.54, 1.807) is 13.2 Å². The van der Waals surface area contributed by atoms with Gasteiger partial charge < -0.3 is 10.1 Å². The van der Waals surface area contributed by atoms with Crippen LogP contribution in [-0.2, 0) is 14.3 Å². The topological polar surface area (TPSA) is 67.8 Å². The van der Waals surface area contributed by atoms with Gasteiger partial charge in [-0.1, -0.05) is 32.9 Å². The second kappa shape index (κ2) is 6.94. The summed E-state index contributed by atoms with van der Waals surface area (Å²) >= 11 is 0. The highest BCUT2D eigenvalue weighted by Crippen LogP contribution is 2.23. The molecule has 0 fully saturated rings. The number of aliphatic imine (C=N–C) groups is 1. The fourth-order valence-corrected chi connectivity index (χ4v) is 2.51. The van der Waals surface area contributed by atoms with Crippen LogP contribution in [0, 0.1) is 11.3 Å². The van der Waals surface area contributed by atoms with Crippen molar-refractivity contribution in [2.45, 2.75) is 33.6 Å². The lowest BCUT2D eigenvalue weighted by Crippen LogP contribution is -2.29. The Balaban J connectivity index is 1.90. The molecular formula is C18H24N2O3. The van der Waals surface area contributed by atoms with Crippen molar-refractivity contribution in [1.29, 1.82) is 0 Å². The molecular weight excluding hydrogens is 292 g/mol. The van der Waals surface area contributed by atoms with Crippen LogP contribution in [-0.4, -0.2) is 31.2 Å². The van der Waals surface area contributed by atoms with Crippen LogP contribution in [0.25, 0.3) is 0 Å². The van der Waals surface area contributed by atoms with E-state index in [9.17, 15) is 9.59 Å². The van der Waals surface area contributed by atoms with Crippen molar-refractivity contribution in [2.24, 2.45) is 16.3 Å². The van der Waals surface area contributed by atoms with Gasteiger partial charge >= 0.3 is 0 Å². The Labute approximate surface area is 137 Å². The first-order chi connectivity index (χ1) is 10.8. The number of hydrogen-bond donors (Lipinski definition) is 1. The first kappa shape index (κ1) is 17.2. The predicted molar refractivity (Wildman–Crippen MR) is 89.9 cm³/mol. The molecule has 0 radical (unpaired) electrons. The average molecular weight is 316 g/mol. The van der Waals surface area contributed by atoms with E-state index in [2.05, 4.69) is 10.3 Å². The minimum atomic E-state index is -0.233. The van der Waals surface area contributed by atoms with Gasteiger partial charge in [-0.25, -0.2) is 4.99 Å². The normalized spacial score (nSPS) is 20.3. The Morgan fingerprint density at radius 1 is 1.39 bits per heavy atom. The lowest BCUT2D eigenvalue weighted by molar-refractivity contribution is -0.123. The van der Waals surface area contributed by atoms with Crippen LogP contribution < -0.4 is 5.32 Å². The average Bonchev–Trinajstić information content (AvgIpc) is 2.45. The molecule has 23 heavy (non-hydrogen) atoms. The van der Waals surface area contributed by atoms with Crippen molar-refractivity contribution in [3.05, 3.63) is 35.6 Å². The molecule has 0 saturated carbocycles. The zero-order valence-electron chi connectivity index (χ0n) is 14.2. The Morgan fingerprint density at radius 3 is 2.78 bits per heavy atom. The van der Waals surface area contributed by atoms with Gasteiger partial charge in [0.05, 0.1) is 12.8 Å². The summed E-state index contributed by atoms with van der Waals surface area (Å²) in [5, 5.41) is 2.86. The van der Waals surface area contributed by atoms with Gasteiger partial charge in [0.1, 0.15) is 5.76 Å². The van der Waals surface area contributed by atoms with Gasteiger partial charge in [-0.2, -0.15) is 0 Å². The summed E-state index contributed by atoms with van der Waals surface area (Å²) in [6, 6.07) is 0. The lowest BCUT2D eigenvalue weighted by Gasteiger charge is -2.20. The van der Waals surface area contributed by atoms with Gasteiger partial charge in [0.15, 0.2) is 0 Å². The van der Waals surface area contributed by atoms with E-state index in [4.69, 9.17) is 4.74 Å². The number of nitrogens with one attached hydrogen (secondary N) is 1. The zero-order valence-corrected chi connectivity index (χ0v) is 14.2. The van der Waals surface area contributed by atoms with Crippen molar-refractivity contribution >= 4 is 17.5 Å². The molecule has 0 spiro atoms. The standard InChI is InChI=1S/C18H24N2O3/c1-18(2,3)11-16(21)19-8-7-13-9-12-5-6-14(23-4)10-15(12)20-17(13)22/h5-6,9-10,12H,7-8,11H2,1-4H3,(H,19,21). The van der Waals surface area contributed by atoms with E-state index in [1.807, 2.05) is 39.0 Å². The fourth-order valence-electron chi connectivity index (χ4n) is 2.51. The molecule has 1 aliphatic carbocycles. The summed E-state index contributed by atoms with van der Waals surface area (Å²) in [7, 11) is 1.59. The Kier molecular flexibility index (Phi) is 5.19. The highest BCUT2D eigenvalue weighted by molar-refractivity contribution is 6.13. The van der Waals surface area contributed by atoms with E-state index >= 15 is 0 Å². The number of ether oxygens (including phenoxy) is 1. The molecule has 5 heteroatoms. The molecule has 1 unspecified atom stereocenters. The third-order valence-electron chi connectivity index (χ3n) is 3.63. The van der Waals surface area contributed by atoms with E-state index in [0.29, 0.717) is 36.4 Å². The number of hydrogen-bond acceptors (Lipinski definition) is 3. The smallest absolute Gasteiger partial charge is 0.272 e. The number of allylic oxidation sites excluding steroid dienone is 4. The number of dihydropyridines is 1. The van der Waals surface area contributed by atoms with E-state index in [-0.39, 0.29) is 23.1 Å². The van der Waals surface area contributed by atoms with Crippen molar-refractivity contribution in [2.75, 3.05) is 13.7 Å². The summed E-state index contributed by atoms with van der Waals surface area (Å²) in [5.41, 5.74) is 1.31. The molecule has 2 aliphatic rings. The minimum absolute atomic E-state index is 0.00637. The Bertz CT molecular complexity index is 619. The second-order valence-electron chi connectivity index (χ2n) is 7.01. The van der Waals surface area contributed by atoms with E-state index < -0.39 is 0 Å². The molecule has 2 rings (SSSR count). The molecule has 0 aromatic heterocycles. The largest absolute Gasteiger partial charge is 0.497 e. The maximum Gasteiger partial charge on any atom is 0.272 e. The monoisotopic (exact) mass is 316 g/mol. The number of rotatable bonds is 5. The molecule has 0 aromatic carbocycles. The van der Waals surface area contributed by atoms with E-state index in [0.717, 1.165) is 0 Å². The maximum atomic E-state index is 12.1. The molecule has 1 aliphatic heterocycles. The summed E-state index contributed by atoms with van der Waals surface area (Å²) in [6.45, 7) is 6.51. The molecule has 0 bridgehead atoms. The number of amides is 2. The molecule has 2 amide bonds. The summed E-state index contributed by atoms with van der Waals surface area (Å²) in [6.07, 6.45) is 8.50. The van der Waals surface area contributed by atoms with Crippen LogP contribution >= 0.6 is 0 Å². The van der Waals surface area contributed by atoms with Crippen LogP contribution in [0.4, 0.5) is 0 Å². The number of carbonyl (C=O) groups excluding carboxylic acids is 2. The first-order valence-corrected chi connectivity index (χ1v) is 7.83. The number of carbonyl (C=O) groups is 2. The van der Waals surface area contributed by atoms with Crippen LogP contribution in [0.3, 0.4) is 0 Å². The lowest BCUT2D eigenvalue weighted by atomic mass is 9.91. The van der Waals surface area contributed by atoms with Crippen LogP contribution in [0.15, 0.2) is 40.6 Å². The highest BCUT2D eigenvalue weighted by Gasteiger charge is 2.23. The SMILES string of the molecule is COC1=CC2=NC(=O)C(CCNC(=O)CC(C)(C)C)=CC2C=C1. The minimum Gasteiger partial charge on any atom is -0.497 e. The summed E-state index contributed by atoms with van der Waals surface area (Å²) in [4.78, 5) is 28.0. The van der Waals surface area contributed by atoms with Gasteiger partial charge in [-0.3, -0.25) is 9.59 Å². The van der Waals surface area contributed by atoms with Crippen molar-refractivity contribution < 1.29 is 14.3 Å². The number of methoxy groups -OCH3 is 1. The van der Waals surface area contributed by atoms with Crippen LogP contribution in [0.2, 0.25) is 0 Å². The van der Waals surface area contributed by atoms with Crippen LogP contribution in [0.5, 0.6) is 0 Å². The third kappa shape index (κ3) is 4.91. The maximum absolute atomic E-state index is 12.1. The van der Waals surface area contributed by atoms with E-state index in [1.165, 1.54) is 0 Å². The van der Waals surface area contributed by atoms with Crippen molar-refractivity contribution in [1.82, 2.24) is 5.32 Å². The Morgan fingerprint density at radius 2 is 2.13 bits per heavy atom. The molecule has 1 heterocycles. The molecule has 124 valence electrons. The number of nitrogens with zero attached hydrogens (tertiary/aromatic N) is 1. The molecule has 1 N–H and O–H groups in total. The van der Waals surface area contributed by atoms with Crippen LogP contribution in [0.1, 0.15) is 33.6 Å². The quantitative estimate of drug-likeness (QED) is 0.847. The fraction of sp³-hybridized carbons (Fsp3) is 0.500. The predicted octanol–water partition coefficient (Wildman–Crippen LogP) is 2.55. The summed E-state index contributed by atoms with van der Waals surface area (Å²) in [5.74, 6) is 0.477. The zero-order chi connectivity index (χ0) is 17.0. The molecule has 1 atom stereocenters. The highest BCUT2D eigenvalue weighted by atomic mass is 16.5.